The van der Waals surface area contributed by atoms with Crippen molar-refractivity contribution in [2.75, 3.05) is 36.7 Å². The third-order valence-corrected chi connectivity index (χ3v) is 7.74. The van der Waals surface area contributed by atoms with Crippen LogP contribution < -0.4 is 9.62 Å². The third kappa shape index (κ3) is 4.71. The molecule has 1 saturated heterocycles. The first-order chi connectivity index (χ1) is 14.9. The Bertz CT molecular complexity index is 1020. The lowest BCUT2D eigenvalue weighted by Crippen LogP contribution is -2.50. The number of aryl methyl sites for hydroxylation is 1. The smallest absolute Gasteiger partial charge is 0.317 e. The molecule has 0 radical (unpaired) electrons. The molecule has 2 heterocycles. The van der Waals surface area contributed by atoms with Crippen LogP contribution in [0.2, 0.25) is 0 Å². The second-order valence-electron chi connectivity index (χ2n) is 8.73. The van der Waals surface area contributed by atoms with E-state index in [1.54, 1.807) is 0 Å². The van der Waals surface area contributed by atoms with Gasteiger partial charge >= 0.3 is 6.03 Å². The summed E-state index contributed by atoms with van der Waals surface area (Å²) in [5.74, 6) is 0. The van der Waals surface area contributed by atoms with Crippen molar-refractivity contribution in [2.24, 2.45) is 0 Å². The molecule has 0 bridgehead atoms. The summed E-state index contributed by atoms with van der Waals surface area (Å²) in [5.41, 5.74) is 3.02. The molecule has 2 aliphatic heterocycles. The van der Waals surface area contributed by atoms with Crippen molar-refractivity contribution in [3.8, 4) is 0 Å². The van der Waals surface area contributed by atoms with E-state index in [4.69, 9.17) is 0 Å². The number of unbranched alkanes of at least 4 members (excludes halogenated alkanes) is 1. The number of likely N-dealkylation sites (tertiary alicyclic amines) is 1. The number of benzene rings is 2. The Morgan fingerprint density at radius 2 is 1.68 bits per heavy atom. The number of rotatable bonds is 6. The van der Waals surface area contributed by atoms with Gasteiger partial charge in [-0.3, -0.25) is 4.31 Å². The summed E-state index contributed by atoms with van der Waals surface area (Å²) in [6.45, 7) is 2.43. The Morgan fingerprint density at radius 1 is 1.00 bits per heavy atom. The van der Waals surface area contributed by atoms with Gasteiger partial charge in [0.1, 0.15) is 0 Å². The topological polar surface area (TPSA) is 69.7 Å². The summed E-state index contributed by atoms with van der Waals surface area (Å²) >= 11 is 0. The molecule has 1 fully saturated rings. The van der Waals surface area contributed by atoms with E-state index in [2.05, 4.69) is 29.6 Å². The first-order valence-corrected chi connectivity index (χ1v) is 12.9. The molecule has 2 aromatic carbocycles. The fourth-order valence-electron chi connectivity index (χ4n) is 4.85. The second kappa shape index (κ2) is 8.91. The molecule has 0 aromatic heterocycles. The Hall–Kier alpha value is -2.54. The minimum Gasteiger partial charge on any atom is -0.338 e. The molecular weight excluding hydrogens is 410 g/mol. The van der Waals surface area contributed by atoms with Gasteiger partial charge in [0.25, 0.3) is 0 Å². The largest absolute Gasteiger partial charge is 0.338 e. The molecule has 2 aliphatic rings. The van der Waals surface area contributed by atoms with Crippen molar-refractivity contribution < 1.29 is 13.2 Å². The van der Waals surface area contributed by atoms with Gasteiger partial charge in [0.15, 0.2) is 0 Å². The summed E-state index contributed by atoms with van der Waals surface area (Å²) in [7, 11) is -3.32. The van der Waals surface area contributed by atoms with Gasteiger partial charge < -0.3 is 10.2 Å². The SMILES string of the molecule is CS(=O)(=O)N1CC2(CCN(C(=O)NCCCCc3ccccc3)CC2)c2ccccc21. The molecule has 2 aromatic rings. The maximum absolute atomic E-state index is 12.6. The summed E-state index contributed by atoms with van der Waals surface area (Å²) < 4.78 is 26.1. The van der Waals surface area contributed by atoms with E-state index in [-0.39, 0.29) is 11.4 Å². The fraction of sp³-hybridized carbons (Fsp3) is 0.458. The van der Waals surface area contributed by atoms with E-state index in [9.17, 15) is 13.2 Å². The number of nitrogens with one attached hydrogen (secondary N) is 1. The number of urea groups is 1. The number of nitrogens with zero attached hydrogens (tertiary/aromatic N) is 2. The summed E-state index contributed by atoms with van der Waals surface area (Å²) in [5, 5.41) is 3.05. The number of piperidine rings is 1. The highest BCUT2D eigenvalue weighted by Gasteiger charge is 2.47. The molecule has 0 aliphatic carbocycles. The van der Waals surface area contributed by atoms with Gasteiger partial charge in [-0.25, -0.2) is 13.2 Å². The molecular formula is C24H31N3O3S. The third-order valence-electron chi connectivity index (χ3n) is 6.61. The number of hydrogen-bond acceptors (Lipinski definition) is 3. The van der Waals surface area contributed by atoms with Gasteiger partial charge in [0.05, 0.1) is 11.9 Å². The maximum atomic E-state index is 12.6. The number of anilines is 1. The minimum atomic E-state index is -3.32. The Kier molecular flexibility index (Phi) is 6.23. The first-order valence-electron chi connectivity index (χ1n) is 11.0. The molecule has 6 nitrogen and oxygen atoms in total. The number of sulfonamides is 1. The normalized spacial score (nSPS) is 17.6. The molecule has 1 N–H and O–H groups in total. The highest BCUT2D eigenvalue weighted by molar-refractivity contribution is 7.92. The molecule has 166 valence electrons. The minimum absolute atomic E-state index is 0.0131. The number of para-hydroxylation sites is 1. The Labute approximate surface area is 185 Å². The van der Waals surface area contributed by atoms with Crippen molar-refractivity contribution in [2.45, 2.75) is 37.5 Å². The van der Waals surface area contributed by atoms with Gasteiger partial charge in [-0.2, -0.15) is 0 Å². The van der Waals surface area contributed by atoms with Gasteiger partial charge in [-0.15, -0.1) is 0 Å². The van der Waals surface area contributed by atoms with Gasteiger partial charge in [-0.05, 0) is 49.3 Å². The number of hydrogen-bond donors (Lipinski definition) is 1. The molecule has 4 rings (SSSR count). The van der Waals surface area contributed by atoms with Crippen molar-refractivity contribution in [1.82, 2.24) is 10.2 Å². The molecule has 0 atom stereocenters. The average molecular weight is 442 g/mol. The predicted octanol–water partition coefficient (Wildman–Crippen LogP) is 3.53. The Morgan fingerprint density at radius 3 is 2.39 bits per heavy atom. The number of amides is 2. The number of carbonyl (C=O) groups is 1. The van der Waals surface area contributed by atoms with Crippen LogP contribution in [0.5, 0.6) is 0 Å². The van der Waals surface area contributed by atoms with Crippen molar-refractivity contribution in [3.05, 3.63) is 65.7 Å². The van der Waals surface area contributed by atoms with Crippen LogP contribution in [0, 0.1) is 0 Å². The molecule has 0 unspecified atom stereocenters. The predicted molar refractivity (Wildman–Crippen MR) is 124 cm³/mol. The van der Waals surface area contributed by atoms with Crippen LogP contribution in [-0.4, -0.2) is 51.8 Å². The monoisotopic (exact) mass is 441 g/mol. The zero-order valence-electron chi connectivity index (χ0n) is 18.1. The Balaban J connectivity index is 1.28. The lowest BCUT2D eigenvalue weighted by molar-refractivity contribution is 0.162. The van der Waals surface area contributed by atoms with E-state index in [1.165, 1.54) is 16.1 Å². The molecule has 0 saturated carbocycles. The van der Waals surface area contributed by atoms with Crippen LogP contribution in [-0.2, 0) is 21.9 Å². The summed E-state index contributed by atoms with van der Waals surface area (Å²) in [4.78, 5) is 14.5. The van der Waals surface area contributed by atoms with Crippen LogP contribution >= 0.6 is 0 Å². The van der Waals surface area contributed by atoms with E-state index in [0.717, 1.165) is 43.4 Å². The standard InChI is InChI=1S/C24H31N3O3S/c1-31(29,30)27-19-24(21-12-5-6-13-22(21)27)14-17-26(18-15-24)23(28)25-16-8-7-11-20-9-3-2-4-10-20/h2-6,9-10,12-13H,7-8,11,14-19H2,1H3,(H,25,28). The second-order valence-corrected chi connectivity index (χ2v) is 10.6. The number of fused-ring (bicyclic) bond motifs is 2. The summed E-state index contributed by atoms with van der Waals surface area (Å²) in [6, 6.07) is 18.2. The highest BCUT2D eigenvalue weighted by atomic mass is 32.2. The van der Waals surface area contributed by atoms with Crippen LogP contribution in [0.15, 0.2) is 54.6 Å². The van der Waals surface area contributed by atoms with E-state index < -0.39 is 10.0 Å². The van der Waals surface area contributed by atoms with Crippen molar-refractivity contribution in [1.29, 1.82) is 0 Å². The quantitative estimate of drug-likeness (QED) is 0.697. The molecule has 7 heteroatoms. The molecule has 31 heavy (non-hydrogen) atoms. The van der Waals surface area contributed by atoms with Crippen LogP contribution in [0.3, 0.4) is 0 Å². The zero-order valence-corrected chi connectivity index (χ0v) is 18.9. The van der Waals surface area contributed by atoms with Gasteiger partial charge in [0, 0.05) is 31.6 Å². The first kappa shape index (κ1) is 21.7. The maximum Gasteiger partial charge on any atom is 0.317 e. The van der Waals surface area contributed by atoms with Crippen molar-refractivity contribution in [3.63, 3.8) is 0 Å². The zero-order chi connectivity index (χ0) is 21.9. The van der Waals surface area contributed by atoms with Gasteiger partial charge in [0.2, 0.25) is 10.0 Å². The molecule has 2 amide bonds. The lowest BCUT2D eigenvalue weighted by Gasteiger charge is -2.39. The molecule has 1 spiro atoms. The van der Waals surface area contributed by atoms with Crippen molar-refractivity contribution >= 4 is 21.7 Å². The van der Waals surface area contributed by atoms with E-state index in [0.29, 0.717) is 26.2 Å². The van der Waals surface area contributed by atoms with Crippen LogP contribution in [0.25, 0.3) is 0 Å². The average Bonchev–Trinajstić information content (AvgIpc) is 3.09. The van der Waals surface area contributed by atoms with Crippen LogP contribution in [0.1, 0.15) is 36.8 Å². The van der Waals surface area contributed by atoms with E-state index >= 15 is 0 Å². The highest BCUT2D eigenvalue weighted by Crippen LogP contribution is 2.47. The lowest BCUT2D eigenvalue weighted by atomic mass is 9.74. The summed E-state index contributed by atoms with van der Waals surface area (Å²) in [6.07, 6.45) is 5.85. The fourth-order valence-corrected chi connectivity index (χ4v) is 5.85. The number of carbonyl (C=O) groups excluding carboxylic acids is 1. The van der Waals surface area contributed by atoms with E-state index in [1.807, 2.05) is 35.2 Å². The van der Waals surface area contributed by atoms with Gasteiger partial charge in [-0.1, -0.05) is 48.5 Å². The van der Waals surface area contributed by atoms with Crippen LogP contribution in [0.4, 0.5) is 10.5 Å².